The lowest BCUT2D eigenvalue weighted by atomic mass is 9.78. The zero-order chi connectivity index (χ0) is 24.1. The molecule has 182 valence electrons. The number of hydrogen-bond donors (Lipinski definition) is 1. The van der Waals surface area contributed by atoms with Crippen LogP contribution in [0.15, 0.2) is 75.4 Å². The second-order valence-corrected chi connectivity index (χ2v) is 9.41. The first kappa shape index (κ1) is 22.1. The van der Waals surface area contributed by atoms with Crippen LogP contribution in [0.4, 0.5) is 0 Å². The van der Waals surface area contributed by atoms with Crippen molar-refractivity contribution in [3.8, 4) is 0 Å². The third kappa shape index (κ3) is 3.57. The summed E-state index contributed by atoms with van der Waals surface area (Å²) in [6, 6.07) is 18.3. The van der Waals surface area contributed by atoms with E-state index in [0.29, 0.717) is 31.7 Å². The largest absolute Gasteiger partial charge is 0.391 e. The normalized spacial score (nSPS) is 28.6. The van der Waals surface area contributed by atoms with Gasteiger partial charge in [0.2, 0.25) is 0 Å². The lowest BCUT2D eigenvalue weighted by Crippen LogP contribution is -2.53. The van der Waals surface area contributed by atoms with E-state index in [-0.39, 0.29) is 23.8 Å². The first-order valence-electron chi connectivity index (χ1n) is 12.2. The van der Waals surface area contributed by atoms with E-state index in [1.807, 2.05) is 67.6 Å². The van der Waals surface area contributed by atoms with Crippen molar-refractivity contribution in [2.45, 2.75) is 63.3 Å². The second-order valence-electron chi connectivity index (χ2n) is 9.41. The highest BCUT2D eigenvalue weighted by Crippen LogP contribution is 2.46. The van der Waals surface area contributed by atoms with Crippen molar-refractivity contribution in [1.82, 2.24) is 13.9 Å². The van der Waals surface area contributed by atoms with E-state index in [1.165, 1.54) is 13.9 Å². The first-order valence-corrected chi connectivity index (χ1v) is 12.2. The number of ether oxygens (including phenoxy) is 1. The van der Waals surface area contributed by atoms with E-state index in [1.54, 1.807) is 0 Å². The van der Waals surface area contributed by atoms with E-state index in [9.17, 15) is 14.7 Å². The number of aliphatic hydroxyl groups is 1. The Labute approximate surface area is 201 Å². The molecule has 1 saturated carbocycles. The molecule has 1 saturated heterocycles. The van der Waals surface area contributed by atoms with E-state index in [4.69, 9.17) is 9.57 Å². The quantitative estimate of drug-likeness (QED) is 0.434. The molecule has 9 nitrogen and oxygen atoms in total. The smallest absolute Gasteiger partial charge is 0.348 e. The Balaban J connectivity index is 1.36. The van der Waals surface area contributed by atoms with Gasteiger partial charge in [0.25, 0.3) is 0 Å². The standard InChI is InChI=1S/C26H28N4O5/c1-2-19(17-11-7-4-8-12-17)29-25(32)28-14-13-18-20(27-34-15-16-9-5-3-6-10-16)23-24(35-23)22(31)21(18)30(28)26(29)33/h3-12,18-19,21-24,31H,2,13-15H2,1H3/b27-20-/t18-,19+,21-,22+,23-,24+/m1/s1. The number of aromatic nitrogens is 3. The molecule has 0 radical (unpaired) electrons. The molecule has 2 aliphatic heterocycles. The Morgan fingerprint density at radius 2 is 1.80 bits per heavy atom. The Kier molecular flexibility index (Phi) is 5.46. The maximum Gasteiger partial charge on any atom is 0.348 e. The van der Waals surface area contributed by atoms with Gasteiger partial charge >= 0.3 is 11.4 Å². The van der Waals surface area contributed by atoms with Crippen molar-refractivity contribution in [1.29, 1.82) is 0 Å². The predicted octanol–water partition coefficient (Wildman–Crippen LogP) is 2.09. The van der Waals surface area contributed by atoms with E-state index in [2.05, 4.69) is 5.16 Å². The molecule has 35 heavy (non-hydrogen) atoms. The number of benzene rings is 2. The van der Waals surface area contributed by atoms with Crippen LogP contribution in [0.25, 0.3) is 0 Å². The van der Waals surface area contributed by atoms with Gasteiger partial charge in [-0.15, -0.1) is 0 Å². The fourth-order valence-electron chi connectivity index (χ4n) is 5.72. The molecule has 1 N–H and O–H groups in total. The van der Waals surface area contributed by atoms with Crippen molar-refractivity contribution in [2.75, 3.05) is 0 Å². The van der Waals surface area contributed by atoms with Crippen LogP contribution < -0.4 is 11.4 Å². The zero-order valence-corrected chi connectivity index (χ0v) is 19.4. The summed E-state index contributed by atoms with van der Waals surface area (Å²) in [5, 5.41) is 15.5. The molecule has 0 unspecified atom stereocenters. The van der Waals surface area contributed by atoms with Gasteiger partial charge in [0.1, 0.15) is 24.9 Å². The van der Waals surface area contributed by atoms with Crippen molar-refractivity contribution in [3.63, 3.8) is 0 Å². The molecule has 9 heteroatoms. The van der Waals surface area contributed by atoms with Gasteiger partial charge in [-0.05, 0) is 24.0 Å². The second kappa shape index (κ2) is 8.66. The molecule has 2 fully saturated rings. The maximum absolute atomic E-state index is 13.7. The molecule has 0 amide bonds. The van der Waals surface area contributed by atoms with Crippen LogP contribution in [0.3, 0.4) is 0 Å². The SMILES string of the molecule is CC[C@@H](c1ccccc1)n1c(=O)n2n(c1=O)[C@H]1[C@H](O)[C@@H]3O[C@@H]3/C(=N\OCc3ccccc3)[C@H]1CC2. The minimum Gasteiger partial charge on any atom is -0.391 e. The van der Waals surface area contributed by atoms with Crippen molar-refractivity contribution >= 4 is 5.71 Å². The topological polar surface area (TPSA) is 103 Å². The summed E-state index contributed by atoms with van der Waals surface area (Å²) in [6.07, 6.45) is -0.524. The summed E-state index contributed by atoms with van der Waals surface area (Å²) in [4.78, 5) is 32.8. The Morgan fingerprint density at radius 3 is 2.51 bits per heavy atom. The van der Waals surface area contributed by atoms with Gasteiger partial charge < -0.3 is 14.7 Å². The summed E-state index contributed by atoms with van der Waals surface area (Å²) in [7, 11) is 0. The van der Waals surface area contributed by atoms with Crippen molar-refractivity contribution < 1.29 is 14.7 Å². The third-order valence-electron chi connectivity index (χ3n) is 7.45. The molecular weight excluding hydrogens is 448 g/mol. The van der Waals surface area contributed by atoms with E-state index in [0.717, 1.165) is 11.1 Å². The highest BCUT2D eigenvalue weighted by atomic mass is 16.6. The fraction of sp³-hybridized carbons (Fsp3) is 0.423. The average Bonchev–Trinajstić information content (AvgIpc) is 3.66. The van der Waals surface area contributed by atoms with Gasteiger partial charge in [-0.25, -0.2) is 23.5 Å². The van der Waals surface area contributed by atoms with Crippen LogP contribution in [0.5, 0.6) is 0 Å². The number of fused-ring (bicyclic) bond motifs is 4. The van der Waals surface area contributed by atoms with Gasteiger partial charge in [0.05, 0.1) is 17.8 Å². The van der Waals surface area contributed by atoms with E-state index < -0.39 is 23.9 Å². The molecule has 1 aromatic heterocycles. The summed E-state index contributed by atoms with van der Waals surface area (Å²) in [5.41, 5.74) is 1.84. The predicted molar refractivity (Wildman–Crippen MR) is 128 cm³/mol. The van der Waals surface area contributed by atoms with Crippen LogP contribution in [0.2, 0.25) is 0 Å². The minimum absolute atomic E-state index is 0.255. The van der Waals surface area contributed by atoms with E-state index >= 15 is 0 Å². The zero-order valence-electron chi connectivity index (χ0n) is 19.4. The van der Waals surface area contributed by atoms with Crippen LogP contribution in [0, 0.1) is 5.92 Å². The lowest BCUT2D eigenvalue weighted by Gasteiger charge is -2.38. The molecule has 1 aliphatic carbocycles. The molecule has 3 aromatic rings. The van der Waals surface area contributed by atoms with Gasteiger partial charge in [-0.1, -0.05) is 72.7 Å². The summed E-state index contributed by atoms with van der Waals surface area (Å²) in [6.45, 7) is 2.63. The molecule has 2 aromatic carbocycles. The van der Waals surface area contributed by atoms with Gasteiger partial charge in [-0.2, -0.15) is 0 Å². The third-order valence-corrected chi connectivity index (χ3v) is 7.45. The van der Waals surface area contributed by atoms with Gasteiger partial charge in [0, 0.05) is 12.5 Å². The number of aliphatic hydroxyl groups excluding tert-OH is 1. The van der Waals surface area contributed by atoms with Crippen LogP contribution in [-0.4, -0.2) is 43.1 Å². The van der Waals surface area contributed by atoms with Crippen LogP contribution in [0.1, 0.15) is 43.0 Å². The minimum atomic E-state index is -0.908. The molecule has 3 aliphatic rings. The van der Waals surface area contributed by atoms with Crippen LogP contribution in [-0.2, 0) is 22.7 Å². The van der Waals surface area contributed by atoms with Crippen molar-refractivity contribution in [2.24, 2.45) is 11.1 Å². The number of hydrogen-bond acceptors (Lipinski definition) is 6. The number of nitrogens with zero attached hydrogens (tertiary/aromatic N) is 4. The molecule has 0 bridgehead atoms. The highest BCUT2D eigenvalue weighted by Gasteiger charge is 2.61. The average molecular weight is 477 g/mol. The fourth-order valence-corrected chi connectivity index (χ4v) is 5.72. The molecule has 3 heterocycles. The number of oxime groups is 1. The molecular formula is C26H28N4O5. The Morgan fingerprint density at radius 1 is 1.09 bits per heavy atom. The monoisotopic (exact) mass is 476 g/mol. The summed E-state index contributed by atoms with van der Waals surface area (Å²) < 4.78 is 10.0. The van der Waals surface area contributed by atoms with Gasteiger partial charge in [-0.3, -0.25) is 0 Å². The summed E-state index contributed by atoms with van der Waals surface area (Å²) >= 11 is 0. The lowest BCUT2D eigenvalue weighted by molar-refractivity contribution is 0.0319. The number of rotatable bonds is 6. The van der Waals surface area contributed by atoms with Crippen LogP contribution >= 0.6 is 0 Å². The molecule has 6 atom stereocenters. The van der Waals surface area contributed by atoms with Crippen molar-refractivity contribution in [3.05, 3.63) is 92.8 Å². The Hall–Kier alpha value is -3.43. The number of epoxide rings is 1. The Bertz CT molecular complexity index is 1360. The molecule has 0 spiro atoms. The maximum atomic E-state index is 13.7. The van der Waals surface area contributed by atoms with Gasteiger partial charge in [0.15, 0.2) is 0 Å². The molecule has 6 rings (SSSR count). The summed E-state index contributed by atoms with van der Waals surface area (Å²) in [5.74, 6) is -0.255. The first-order chi connectivity index (χ1) is 17.1. The highest BCUT2D eigenvalue weighted by molar-refractivity contribution is 5.94.